The lowest BCUT2D eigenvalue weighted by Gasteiger charge is -2.02. The summed E-state index contributed by atoms with van der Waals surface area (Å²) in [6.45, 7) is 2.05. The molecule has 0 amide bonds. The molecule has 0 atom stereocenters. The van der Waals surface area contributed by atoms with Crippen LogP contribution in [0.25, 0.3) is 0 Å². The van der Waals surface area contributed by atoms with Gasteiger partial charge in [0.2, 0.25) is 0 Å². The van der Waals surface area contributed by atoms with Crippen LogP contribution in [-0.2, 0) is 22.7 Å². The summed E-state index contributed by atoms with van der Waals surface area (Å²) in [7, 11) is 0. The number of ether oxygens (including phenoxy) is 2. The summed E-state index contributed by atoms with van der Waals surface area (Å²) in [5.41, 5.74) is 0. The summed E-state index contributed by atoms with van der Waals surface area (Å²) in [4.78, 5) is 0. The van der Waals surface area contributed by atoms with Gasteiger partial charge in [0.15, 0.2) is 0 Å². The maximum atomic E-state index is 5.35. The molecule has 4 heteroatoms. The average molecular weight is 222 g/mol. The van der Waals surface area contributed by atoms with Crippen LogP contribution < -0.4 is 0 Å². The number of rotatable bonds is 7. The molecule has 0 aliphatic rings. The Kier molecular flexibility index (Phi) is 4.22. The Balaban J connectivity index is 1.49. The van der Waals surface area contributed by atoms with Gasteiger partial charge in [0.1, 0.15) is 24.7 Å². The molecule has 2 heterocycles. The molecule has 86 valence electrons. The quantitative estimate of drug-likeness (QED) is 0.675. The van der Waals surface area contributed by atoms with Crippen LogP contribution in [0.2, 0.25) is 0 Å². The first-order valence-electron chi connectivity index (χ1n) is 5.15. The third kappa shape index (κ3) is 3.56. The van der Waals surface area contributed by atoms with Gasteiger partial charge in [-0.25, -0.2) is 0 Å². The molecule has 0 aliphatic heterocycles. The van der Waals surface area contributed by atoms with Crippen LogP contribution in [0.5, 0.6) is 0 Å². The monoisotopic (exact) mass is 222 g/mol. The van der Waals surface area contributed by atoms with Crippen LogP contribution in [0.4, 0.5) is 0 Å². The summed E-state index contributed by atoms with van der Waals surface area (Å²) < 4.78 is 20.9. The normalized spacial score (nSPS) is 10.8. The molecule has 16 heavy (non-hydrogen) atoms. The SMILES string of the molecule is c1coc(COCCOCc2ccco2)c1. The standard InChI is InChI=1S/C12H14O4/c1-3-11(15-5-1)9-13-7-8-14-10-12-4-2-6-16-12/h1-6H,7-10H2. The first-order chi connectivity index (χ1) is 7.95. The van der Waals surface area contributed by atoms with Crippen molar-refractivity contribution >= 4 is 0 Å². The zero-order valence-corrected chi connectivity index (χ0v) is 8.93. The van der Waals surface area contributed by atoms with E-state index in [1.165, 1.54) is 0 Å². The lowest BCUT2D eigenvalue weighted by Crippen LogP contribution is -2.03. The molecule has 4 nitrogen and oxygen atoms in total. The molecule has 2 aromatic rings. The maximum absolute atomic E-state index is 5.35. The molecule has 0 saturated heterocycles. The predicted octanol–water partition coefficient (Wildman–Crippen LogP) is 2.61. The molecule has 0 aromatic carbocycles. The Labute approximate surface area is 93.8 Å². The van der Waals surface area contributed by atoms with E-state index in [1.807, 2.05) is 24.3 Å². The average Bonchev–Trinajstić information content (AvgIpc) is 2.96. The fraction of sp³-hybridized carbons (Fsp3) is 0.333. The van der Waals surface area contributed by atoms with Gasteiger partial charge >= 0.3 is 0 Å². The Morgan fingerprint density at radius 3 is 1.69 bits per heavy atom. The predicted molar refractivity (Wildman–Crippen MR) is 56.7 cm³/mol. The molecule has 0 N–H and O–H groups in total. The molecule has 0 spiro atoms. The first-order valence-corrected chi connectivity index (χ1v) is 5.15. The second-order valence-electron chi connectivity index (χ2n) is 3.26. The van der Waals surface area contributed by atoms with Crippen LogP contribution in [0.15, 0.2) is 45.6 Å². The minimum Gasteiger partial charge on any atom is -0.467 e. The highest BCUT2D eigenvalue weighted by Crippen LogP contribution is 2.03. The van der Waals surface area contributed by atoms with Gasteiger partial charge in [-0.15, -0.1) is 0 Å². The van der Waals surface area contributed by atoms with E-state index in [-0.39, 0.29) is 0 Å². The van der Waals surface area contributed by atoms with Crippen molar-refractivity contribution in [1.82, 2.24) is 0 Å². The molecule has 2 rings (SSSR count). The molecule has 0 aliphatic carbocycles. The smallest absolute Gasteiger partial charge is 0.129 e. The van der Waals surface area contributed by atoms with Crippen LogP contribution in [-0.4, -0.2) is 13.2 Å². The van der Waals surface area contributed by atoms with Gasteiger partial charge in [-0.05, 0) is 24.3 Å². The number of hydrogen-bond donors (Lipinski definition) is 0. The van der Waals surface area contributed by atoms with Gasteiger partial charge < -0.3 is 18.3 Å². The first kappa shape index (κ1) is 11.0. The van der Waals surface area contributed by atoms with Crippen LogP contribution in [0.3, 0.4) is 0 Å². The Bertz CT molecular complexity index is 325. The van der Waals surface area contributed by atoms with Gasteiger partial charge in [0, 0.05) is 0 Å². The Morgan fingerprint density at radius 2 is 1.31 bits per heavy atom. The van der Waals surface area contributed by atoms with Crippen molar-refractivity contribution in [2.45, 2.75) is 13.2 Å². The largest absolute Gasteiger partial charge is 0.467 e. The zero-order valence-electron chi connectivity index (χ0n) is 8.93. The van der Waals surface area contributed by atoms with Crippen molar-refractivity contribution in [2.75, 3.05) is 13.2 Å². The van der Waals surface area contributed by atoms with Crippen molar-refractivity contribution in [2.24, 2.45) is 0 Å². The van der Waals surface area contributed by atoms with E-state index in [9.17, 15) is 0 Å². The highest BCUT2D eigenvalue weighted by Gasteiger charge is 1.97. The van der Waals surface area contributed by atoms with E-state index in [0.717, 1.165) is 11.5 Å². The van der Waals surface area contributed by atoms with Crippen molar-refractivity contribution in [3.63, 3.8) is 0 Å². The van der Waals surface area contributed by atoms with E-state index >= 15 is 0 Å². The van der Waals surface area contributed by atoms with Crippen molar-refractivity contribution in [1.29, 1.82) is 0 Å². The Morgan fingerprint density at radius 1 is 0.812 bits per heavy atom. The van der Waals surface area contributed by atoms with Gasteiger partial charge in [-0.2, -0.15) is 0 Å². The Hall–Kier alpha value is -1.52. The van der Waals surface area contributed by atoms with E-state index < -0.39 is 0 Å². The van der Waals surface area contributed by atoms with Gasteiger partial charge in [0.05, 0.1) is 25.7 Å². The molecule has 2 aromatic heterocycles. The summed E-state index contributed by atoms with van der Waals surface area (Å²) in [5, 5.41) is 0. The van der Waals surface area contributed by atoms with Crippen molar-refractivity contribution < 1.29 is 18.3 Å². The topological polar surface area (TPSA) is 44.7 Å². The fourth-order valence-electron chi connectivity index (χ4n) is 1.25. The number of hydrogen-bond acceptors (Lipinski definition) is 4. The van der Waals surface area contributed by atoms with E-state index in [4.69, 9.17) is 18.3 Å². The van der Waals surface area contributed by atoms with Crippen molar-refractivity contribution in [3.8, 4) is 0 Å². The minimum atomic E-state index is 0.483. The molecule has 0 bridgehead atoms. The molecular weight excluding hydrogens is 208 g/mol. The highest BCUT2D eigenvalue weighted by atomic mass is 16.5. The summed E-state index contributed by atoms with van der Waals surface area (Å²) in [6, 6.07) is 7.44. The highest BCUT2D eigenvalue weighted by molar-refractivity contribution is 4.96. The van der Waals surface area contributed by atoms with Crippen molar-refractivity contribution in [3.05, 3.63) is 48.3 Å². The number of furan rings is 2. The van der Waals surface area contributed by atoms with E-state index in [0.29, 0.717) is 26.4 Å². The molecule has 0 fully saturated rings. The zero-order chi connectivity index (χ0) is 11.1. The van der Waals surface area contributed by atoms with Crippen LogP contribution in [0.1, 0.15) is 11.5 Å². The summed E-state index contributed by atoms with van der Waals surface area (Å²) in [6.07, 6.45) is 3.26. The molecule has 0 radical (unpaired) electrons. The molecular formula is C12H14O4. The molecule has 0 saturated carbocycles. The lowest BCUT2D eigenvalue weighted by molar-refractivity contribution is 0.0237. The van der Waals surface area contributed by atoms with E-state index in [2.05, 4.69) is 0 Å². The van der Waals surface area contributed by atoms with Gasteiger partial charge in [0.25, 0.3) is 0 Å². The van der Waals surface area contributed by atoms with E-state index in [1.54, 1.807) is 12.5 Å². The van der Waals surface area contributed by atoms with Crippen LogP contribution in [0, 0.1) is 0 Å². The molecule has 0 unspecified atom stereocenters. The summed E-state index contributed by atoms with van der Waals surface area (Å²) in [5.74, 6) is 1.65. The lowest BCUT2D eigenvalue weighted by atomic mass is 10.5. The van der Waals surface area contributed by atoms with Gasteiger partial charge in [-0.3, -0.25) is 0 Å². The second-order valence-corrected chi connectivity index (χ2v) is 3.26. The minimum absolute atomic E-state index is 0.483. The summed E-state index contributed by atoms with van der Waals surface area (Å²) >= 11 is 0. The second kappa shape index (κ2) is 6.15. The fourth-order valence-corrected chi connectivity index (χ4v) is 1.25. The van der Waals surface area contributed by atoms with Gasteiger partial charge in [-0.1, -0.05) is 0 Å². The third-order valence-electron chi connectivity index (χ3n) is 2.02. The maximum Gasteiger partial charge on any atom is 0.129 e. The third-order valence-corrected chi connectivity index (χ3v) is 2.02. The van der Waals surface area contributed by atoms with Crippen LogP contribution >= 0.6 is 0 Å².